The minimum absolute atomic E-state index is 0.0595. The smallest absolute Gasteiger partial charge is 0.289 e. The number of carbonyl (C=O) groups is 1. The first-order valence-electron chi connectivity index (χ1n) is 9.06. The van der Waals surface area contributed by atoms with Gasteiger partial charge in [0.25, 0.3) is 11.8 Å². The maximum Gasteiger partial charge on any atom is 0.289 e. The number of amides is 1. The van der Waals surface area contributed by atoms with Crippen LogP contribution in [0.2, 0.25) is 0 Å². The van der Waals surface area contributed by atoms with Crippen LogP contribution < -0.4 is 0 Å². The molecular formula is C20H21N3O4. The molecule has 0 radical (unpaired) electrons. The molecule has 3 aromatic rings. The lowest BCUT2D eigenvalue weighted by atomic mass is 9.97. The van der Waals surface area contributed by atoms with Gasteiger partial charge in [0.2, 0.25) is 0 Å². The van der Waals surface area contributed by atoms with Crippen LogP contribution in [-0.4, -0.2) is 34.0 Å². The van der Waals surface area contributed by atoms with Gasteiger partial charge in [-0.3, -0.25) is 4.79 Å². The van der Waals surface area contributed by atoms with E-state index in [4.69, 9.17) is 13.7 Å². The van der Waals surface area contributed by atoms with E-state index in [0.717, 1.165) is 18.4 Å². The van der Waals surface area contributed by atoms with Gasteiger partial charge in [0, 0.05) is 19.0 Å². The second kappa shape index (κ2) is 8.18. The van der Waals surface area contributed by atoms with E-state index < -0.39 is 0 Å². The van der Waals surface area contributed by atoms with E-state index in [1.807, 2.05) is 30.3 Å². The molecule has 2 aromatic heterocycles. The van der Waals surface area contributed by atoms with E-state index in [-0.39, 0.29) is 18.4 Å². The molecule has 3 heterocycles. The highest BCUT2D eigenvalue weighted by Gasteiger charge is 2.29. The minimum Gasteiger partial charge on any atom is -0.459 e. The van der Waals surface area contributed by atoms with Gasteiger partial charge in [0.15, 0.2) is 11.6 Å². The molecule has 0 saturated carbocycles. The number of benzene rings is 1. The van der Waals surface area contributed by atoms with E-state index in [1.54, 1.807) is 17.0 Å². The molecular weight excluding hydrogens is 346 g/mol. The van der Waals surface area contributed by atoms with Crippen molar-refractivity contribution in [3.05, 3.63) is 71.8 Å². The molecule has 1 aliphatic heterocycles. The minimum atomic E-state index is -0.0976. The normalized spacial score (nSPS) is 17.2. The lowest BCUT2D eigenvalue weighted by Gasteiger charge is -2.30. The summed E-state index contributed by atoms with van der Waals surface area (Å²) in [5.74, 6) is 1.41. The summed E-state index contributed by atoms with van der Waals surface area (Å²) in [6.07, 6.45) is 3.33. The average molecular weight is 367 g/mol. The number of nitrogens with zero attached hydrogens (tertiary/aromatic N) is 3. The zero-order valence-corrected chi connectivity index (χ0v) is 14.9. The van der Waals surface area contributed by atoms with E-state index >= 15 is 0 Å². The molecule has 0 aliphatic carbocycles. The van der Waals surface area contributed by atoms with Crippen LogP contribution in [0.3, 0.4) is 0 Å². The van der Waals surface area contributed by atoms with Crippen LogP contribution in [0.1, 0.15) is 46.6 Å². The van der Waals surface area contributed by atoms with Crippen LogP contribution in [0.25, 0.3) is 0 Å². The molecule has 27 heavy (non-hydrogen) atoms. The molecule has 1 amide bonds. The van der Waals surface area contributed by atoms with Gasteiger partial charge in [0.05, 0.1) is 12.9 Å². The highest BCUT2D eigenvalue weighted by molar-refractivity contribution is 5.91. The summed E-state index contributed by atoms with van der Waals surface area (Å²) in [5, 5.41) is 4.09. The Morgan fingerprint density at radius 1 is 1.19 bits per heavy atom. The summed E-state index contributed by atoms with van der Waals surface area (Å²) < 4.78 is 16.2. The third-order valence-electron chi connectivity index (χ3n) is 4.63. The largest absolute Gasteiger partial charge is 0.459 e. The average Bonchev–Trinajstić information content (AvgIpc) is 3.41. The Bertz CT molecular complexity index is 861. The van der Waals surface area contributed by atoms with Crippen molar-refractivity contribution in [3.63, 3.8) is 0 Å². The van der Waals surface area contributed by atoms with Crippen LogP contribution in [-0.2, 0) is 18.0 Å². The lowest BCUT2D eigenvalue weighted by molar-refractivity contribution is 0.0671. The first kappa shape index (κ1) is 17.5. The first-order chi connectivity index (χ1) is 13.3. The van der Waals surface area contributed by atoms with Crippen molar-refractivity contribution in [3.8, 4) is 0 Å². The Morgan fingerprint density at radius 3 is 2.89 bits per heavy atom. The van der Waals surface area contributed by atoms with Gasteiger partial charge in [0.1, 0.15) is 6.61 Å². The topological polar surface area (TPSA) is 81.6 Å². The maximum atomic E-state index is 12.5. The van der Waals surface area contributed by atoms with Crippen molar-refractivity contribution in [1.82, 2.24) is 15.0 Å². The van der Waals surface area contributed by atoms with E-state index in [9.17, 15) is 4.79 Å². The van der Waals surface area contributed by atoms with Gasteiger partial charge in [-0.25, -0.2) is 0 Å². The van der Waals surface area contributed by atoms with Crippen molar-refractivity contribution >= 4 is 5.91 Å². The van der Waals surface area contributed by atoms with Crippen molar-refractivity contribution in [1.29, 1.82) is 0 Å². The molecule has 1 fully saturated rings. The van der Waals surface area contributed by atoms with Crippen LogP contribution in [0.15, 0.2) is 57.7 Å². The van der Waals surface area contributed by atoms with Crippen molar-refractivity contribution < 1.29 is 18.5 Å². The lowest BCUT2D eigenvalue weighted by Crippen LogP contribution is -2.39. The number of carbonyl (C=O) groups excluding carboxylic acids is 1. The summed E-state index contributed by atoms with van der Waals surface area (Å²) >= 11 is 0. The molecule has 7 heteroatoms. The third kappa shape index (κ3) is 4.25. The van der Waals surface area contributed by atoms with Crippen LogP contribution >= 0.6 is 0 Å². The fourth-order valence-corrected chi connectivity index (χ4v) is 3.25. The Hall–Kier alpha value is -2.93. The second-order valence-electron chi connectivity index (χ2n) is 6.59. The van der Waals surface area contributed by atoms with E-state index in [0.29, 0.717) is 37.2 Å². The Balaban J connectivity index is 1.33. The van der Waals surface area contributed by atoms with Crippen LogP contribution in [0.5, 0.6) is 0 Å². The molecule has 0 spiro atoms. The monoisotopic (exact) mass is 367 g/mol. The molecule has 1 saturated heterocycles. The summed E-state index contributed by atoms with van der Waals surface area (Å²) in [4.78, 5) is 18.7. The van der Waals surface area contributed by atoms with Crippen molar-refractivity contribution in [2.24, 2.45) is 0 Å². The molecule has 140 valence electrons. The number of piperidine rings is 1. The molecule has 0 bridgehead atoms. The molecule has 4 rings (SSSR count). The van der Waals surface area contributed by atoms with Gasteiger partial charge in [-0.05, 0) is 30.5 Å². The predicted octanol–water partition coefficient (Wildman–Crippen LogP) is 3.40. The summed E-state index contributed by atoms with van der Waals surface area (Å²) in [6, 6.07) is 13.3. The Kier molecular flexibility index (Phi) is 5.29. The number of rotatable bonds is 6. The molecule has 7 nitrogen and oxygen atoms in total. The third-order valence-corrected chi connectivity index (χ3v) is 4.63. The number of furan rings is 1. The summed E-state index contributed by atoms with van der Waals surface area (Å²) in [5.41, 5.74) is 1.09. The molecule has 1 aliphatic rings. The number of aromatic nitrogens is 2. The highest BCUT2D eigenvalue weighted by Crippen LogP contribution is 2.26. The molecule has 1 aromatic carbocycles. The van der Waals surface area contributed by atoms with Crippen LogP contribution in [0.4, 0.5) is 0 Å². The standard InChI is InChI=1S/C20H21N3O4/c24-20(17-9-5-11-26-17)23-10-4-8-16(12-23)19-21-18(27-22-19)14-25-13-15-6-2-1-3-7-15/h1-3,5-7,9,11,16H,4,8,10,12-14H2. The Labute approximate surface area is 156 Å². The number of likely N-dealkylation sites (tertiary alicyclic amines) is 1. The van der Waals surface area contributed by atoms with Crippen molar-refractivity contribution in [2.45, 2.75) is 32.0 Å². The van der Waals surface area contributed by atoms with Gasteiger partial charge in [-0.15, -0.1) is 0 Å². The number of ether oxygens (including phenoxy) is 1. The zero-order valence-electron chi connectivity index (χ0n) is 14.9. The summed E-state index contributed by atoms with van der Waals surface area (Å²) in [7, 11) is 0. The highest BCUT2D eigenvalue weighted by atomic mass is 16.5. The molecule has 1 unspecified atom stereocenters. The second-order valence-corrected chi connectivity index (χ2v) is 6.59. The van der Waals surface area contributed by atoms with E-state index in [1.165, 1.54) is 6.26 Å². The fraction of sp³-hybridized carbons (Fsp3) is 0.350. The summed E-state index contributed by atoms with van der Waals surface area (Å²) in [6.45, 7) is 2.03. The van der Waals surface area contributed by atoms with Crippen molar-refractivity contribution in [2.75, 3.05) is 13.1 Å². The predicted molar refractivity (Wildman–Crippen MR) is 95.8 cm³/mol. The first-order valence-corrected chi connectivity index (χ1v) is 9.06. The van der Waals surface area contributed by atoms with Gasteiger partial charge in [-0.1, -0.05) is 35.5 Å². The number of hydrogen-bond acceptors (Lipinski definition) is 6. The molecule has 1 atom stereocenters. The quantitative estimate of drug-likeness (QED) is 0.664. The zero-order chi connectivity index (χ0) is 18.5. The van der Waals surface area contributed by atoms with E-state index in [2.05, 4.69) is 10.1 Å². The van der Waals surface area contributed by atoms with Gasteiger partial charge < -0.3 is 18.6 Å². The van der Waals surface area contributed by atoms with Gasteiger partial charge >= 0.3 is 0 Å². The fourth-order valence-electron chi connectivity index (χ4n) is 3.25. The number of hydrogen-bond donors (Lipinski definition) is 0. The maximum absolute atomic E-state index is 12.5. The van der Waals surface area contributed by atoms with Gasteiger partial charge in [-0.2, -0.15) is 4.98 Å². The molecule has 0 N–H and O–H groups in total. The Morgan fingerprint density at radius 2 is 2.07 bits per heavy atom. The van der Waals surface area contributed by atoms with Crippen LogP contribution in [0, 0.1) is 0 Å². The SMILES string of the molecule is O=C(c1ccco1)N1CCCC(c2noc(COCc3ccccc3)n2)C1.